The molecular formula is C24H17ClN2O4S. The Kier molecular flexibility index (Phi) is 5.07. The lowest BCUT2D eigenvalue weighted by molar-refractivity contribution is 0.0479. The molecule has 160 valence electrons. The van der Waals surface area contributed by atoms with E-state index in [4.69, 9.17) is 20.8 Å². The van der Waals surface area contributed by atoms with Crippen molar-refractivity contribution < 1.29 is 13.9 Å². The van der Waals surface area contributed by atoms with Crippen LogP contribution in [0.1, 0.15) is 26.5 Å². The number of hydrogen-bond donors (Lipinski definition) is 0. The third-order valence-corrected chi connectivity index (χ3v) is 6.50. The third-order valence-electron chi connectivity index (χ3n) is 5.16. The monoisotopic (exact) mass is 464 g/mol. The molecule has 2 aromatic carbocycles. The number of carbonyl (C=O) groups is 1. The number of halogens is 1. The van der Waals surface area contributed by atoms with Gasteiger partial charge in [-0.15, -0.1) is 11.3 Å². The Balaban J connectivity index is 1.44. The number of nitrogens with zero attached hydrogens (tertiary/aromatic N) is 2. The summed E-state index contributed by atoms with van der Waals surface area (Å²) in [6.07, 6.45) is 0. The summed E-state index contributed by atoms with van der Waals surface area (Å²) in [5, 5.41) is 6.85. The van der Waals surface area contributed by atoms with Crippen LogP contribution in [-0.2, 0) is 11.3 Å². The predicted molar refractivity (Wildman–Crippen MR) is 125 cm³/mol. The van der Waals surface area contributed by atoms with Crippen molar-refractivity contribution in [2.24, 2.45) is 0 Å². The molecule has 3 aromatic heterocycles. The minimum atomic E-state index is -0.477. The molecule has 0 aliphatic carbocycles. The lowest BCUT2D eigenvalue weighted by Crippen LogP contribution is -2.07. The van der Waals surface area contributed by atoms with Gasteiger partial charge in [0.1, 0.15) is 21.9 Å². The van der Waals surface area contributed by atoms with Crippen LogP contribution < -0.4 is 5.63 Å². The average molecular weight is 465 g/mol. The van der Waals surface area contributed by atoms with Crippen molar-refractivity contribution in [3.8, 4) is 5.69 Å². The van der Waals surface area contributed by atoms with Gasteiger partial charge in [-0.25, -0.2) is 14.3 Å². The summed E-state index contributed by atoms with van der Waals surface area (Å²) in [6, 6.07) is 16.1. The van der Waals surface area contributed by atoms with Crippen molar-refractivity contribution in [1.82, 2.24) is 9.78 Å². The molecule has 0 N–H and O–H groups in total. The minimum absolute atomic E-state index is 0.0273. The van der Waals surface area contributed by atoms with Crippen LogP contribution in [0.25, 0.3) is 26.9 Å². The zero-order valence-corrected chi connectivity index (χ0v) is 18.8. The molecule has 0 bridgehead atoms. The molecular weight excluding hydrogens is 448 g/mol. The Morgan fingerprint density at radius 2 is 1.88 bits per heavy atom. The molecule has 5 rings (SSSR count). The van der Waals surface area contributed by atoms with Crippen LogP contribution in [0.2, 0.25) is 5.02 Å². The summed E-state index contributed by atoms with van der Waals surface area (Å²) in [5.74, 6) is -0.457. The number of esters is 1. The predicted octanol–water partition coefficient (Wildman–Crippen LogP) is 5.82. The van der Waals surface area contributed by atoms with E-state index >= 15 is 0 Å². The number of fused-ring (bicyclic) bond motifs is 2. The van der Waals surface area contributed by atoms with E-state index in [-0.39, 0.29) is 6.61 Å². The number of ether oxygens (including phenoxy) is 1. The van der Waals surface area contributed by atoms with E-state index in [9.17, 15) is 9.59 Å². The van der Waals surface area contributed by atoms with Crippen LogP contribution in [0.3, 0.4) is 0 Å². The fourth-order valence-electron chi connectivity index (χ4n) is 3.58. The Morgan fingerprint density at radius 1 is 1.09 bits per heavy atom. The quantitative estimate of drug-likeness (QED) is 0.247. The highest BCUT2D eigenvalue weighted by Crippen LogP contribution is 2.31. The van der Waals surface area contributed by atoms with Gasteiger partial charge in [-0.2, -0.15) is 5.10 Å². The maximum absolute atomic E-state index is 12.8. The summed E-state index contributed by atoms with van der Waals surface area (Å²) in [7, 11) is 0. The lowest BCUT2D eigenvalue weighted by atomic mass is 10.1. The molecule has 5 aromatic rings. The van der Waals surface area contributed by atoms with Crippen LogP contribution in [0, 0.1) is 13.8 Å². The first kappa shape index (κ1) is 20.5. The van der Waals surface area contributed by atoms with Gasteiger partial charge in [0, 0.05) is 27.4 Å². The Labute approximate surface area is 191 Å². The van der Waals surface area contributed by atoms with Gasteiger partial charge in [0.2, 0.25) is 0 Å². The normalized spacial score (nSPS) is 11.3. The molecule has 32 heavy (non-hydrogen) atoms. The summed E-state index contributed by atoms with van der Waals surface area (Å²) in [6.45, 7) is 3.79. The largest absolute Gasteiger partial charge is 0.457 e. The molecule has 6 nitrogen and oxygen atoms in total. The van der Waals surface area contributed by atoms with E-state index < -0.39 is 11.6 Å². The molecule has 8 heteroatoms. The average Bonchev–Trinajstić information content (AvgIpc) is 3.33. The van der Waals surface area contributed by atoms with Crippen LogP contribution in [0.5, 0.6) is 0 Å². The highest BCUT2D eigenvalue weighted by Gasteiger charge is 2.19. The maximum atomic E-state index is 12.8. The number of thiophene rings is 1. The topological polar surface area (TPSA) is 74.3 Å². The first-order chi connectivity index (χ1) is 15.4. The van der Waals surface area contributed by atoms with Crippen molar-refractivity contribution in [2.75, 3.05) is 0 Å². The molecule has 0 saturated heterocycles. The maximum Gasteiger partial charge on any atom is 0.348 e. The smallest absolute Gasteiger partial charge is 0.348 e. The van der Waals surface area contributed by atoms with Gasteiger partial charge in [0.15, 0.2) is 0 Å². The van der Waals surface area contributed by atoms with Gasteiger partial charge in [-0.1, -0.05) is 23.7 Å². The molecule has 0 amide bonds. The molecule has 3 heterocycles. The summed E-state index contributed by atoms with van der Waals surface area (Å²) in [4.78, 5) is 26.0. The first-order valence-electron chi connectivity index (χ1n) is 9.85. The Hall–Kier alpha value is -3.42. The van der Waals surface area contributed by atoms with Gasteiger partial charge in [0.05, 0.1) is 11.4 Å². The summed E-state index contributed by atoms with van der Waals surface area (Å²) < 4.78 is 12.6. The highest BCUT2D eigenvalue weighted by atomic mass is 35.5. The SMILES string of the molecule is Cc1ccc2c(COC(=O)c3cc4c(C)nn(-c5ccc(Cl)cc5)c4s3)cc(=O)oc2c1. The van der Waals surface area contributed by atoms with Crippen molar-refractivity contribution >= 4 is 50.1 Å². The second-order valence-electron chi connectivity index (χ2n) is 7.47. The van der Waals surface area contributed by atoms with Crippen molar-refractivity contribution in [3.63, 3.8) is 0 Å². The van der Waals surface area contributed by atoms with E-state index in [1.807, 2.05) is 38.1 Å². The molecule has 0 unspecified atom stereocenters. The van der Waals surface area contributed by atoms with Crippen molar-refractivity contribution in [3.05, 3.63) is 91.7 Å². The van der Waals surface area contributed by atoms with Gasteiger partial charge in [0.25, 0.3) is 0 Å². The van der Waals surface area contributed by atoms with Gasteiger partial charge < -0.3 is 9.15 Å². The second kappa shape index (κ2) is 7.93. The zero-order valence-electron chi connectivity index (χ0n) is 17.2. The van der Waals surface area contributed by atoms with Gasteiger partial charge in [-0.05, 0) is 55.8 Å². The van der Waals surface area contributed by atoms with E-state index in [0.29, 0.717) is 21.0 Å². The van der Waals surface area contributed by atoms with Crippen molar-refractivity contribution in [1.29, 1.82) is 0 Å². The fourth-order valence-corrected chi connectivity index (χ4v) is 4.78. The van der Waals surface area contributed by atoms with Gasteiger partial charge >= 0.3 is 11.6 Å². The van der Waals surface area contributed by atoms with E-state index in [2.05, 4.69) is 5.10 Å². The number of aromatic nitrogens is 2. The number of benzene rings is 2. The molecule has 0 aliphatic rings. The number of rotatable bonds is 4. The van der Waals surface area contributed by atoms with E-state index in [0.717, 1.165) is 32.5 Å². The Morgan fingerprint density at radius 3 is 2.66 bits per heavy atom. The first-order valence-corrected chi connectivity index (χ1v) is 11.0. The molecule has 0 fully saturated rings. The third kappa shape index (κ3) is 3.70. The summed E-state index contributed by atoms with van der Waals surface area (Å²) >= 11 is 7.30. The lowest BCUT2D eigenvalue weighted by Gasteiger charge is -2.07. The minimum Gasteiger partial charge on any atom is -0.457 e. The van der Waals surface area contributed by atoms with Crippen molar-refractivity contribution in [2.45, 2.75) is 20.5 Å². The number of carbonyl (C=O) groups excluding carboxylic acids is 1. The molecule has 0 spiro atoms. The number of aryl methyl sites for hydroxylation is 2. The van der Waals surface area contributed by atoms with Crippen LogP contribution in [-0.4, -0.2) is 15.7 Å². The van der Waals surface area contributed by atoms with Crippen LogP contribution in [0.4, 0.5) is 0 Å². The second-order valence-corrected chi connectivity index (χ2v) is 8.94. The zero-order chi connectivity index (χ0) is 22.4. The number of hydrogen-bond acceptors (Lipinski definition) is 6. The Bertz CT molecular complexity index is 1550. The molecule has 0 aliphatic heterocycles. The van der Waals surface area contributed by atoms with Crippen LogP contribution >= 0.6 is 22.9 Å². The van der Waals surface area contributed by atoms with Crippen LogP contribution in [0.15, 0.2) is 63.8 Å². The van der Waals surface area contributed by atoms with E-state index in [1.165, 1.54) is 17.4 Å². The van der Waals surface area contributed by atoms with Gasteiger partial charge in [-0.3, -0.25) is 0 Å². The highest BCUT2D eigenvalue weighted by molar-refractivity contribution is 7.20. The van der Waals surface area contributed by atoms with E-state index in [1.54, 1.807) is 28.9 Å². The molecule has 0 atom stereocenters. The molecule has 0 saturated carbocycles. The standard InChI is InChI=1S/C24H17ClN2O4S/c1-13-3-8-18-15(10-22(28)31-20(18)9-13)12-30-24(29)21-11-19-14(2)26-27(23(19)32-21)17-6-4-16(25)5-7-17/h3-11H,12H2,1-2H3. The molecule has 0 radical (unpaired) electrons. The summed E-state index contributed by atoms with van der Waals surface area (Å²) in [5.41, 5.74) is 3.25. The fraction of sp³-hybridized carbons (Fsp3) is 0.125.